The summed E-state index contributed by atoms with van der Waals surface area (Å²) >= 11 is 1.12. The molecule has 1 aromatic carbocycles. The molecule has 2 unspecified atom stereocenters. The normalized spacial score (nSPS) is 20.6. The Morgan fingerprint density at radius 3 is 2.62 bits per heavy atom. The quantitative estimate of drug-likeness (QED) is 0.793. The lowest BCUT2D eigenvalue weighted by atomic mass is 9.86. The Kier molecular flexibility index (Phi) is 6.73. The van der Waals surface area contributed by atoms with E-state index in [9.17, 15) is 17.2 Å². The number of aromatic nitrogens is 1. The molecular weight excluding hydrogens is 404 g/mol. The number of thiazole rings is 1. The van der Waals surface area contributed by atoms with Crippen LogP contribution in [0.1, 0.15) is 28.6 Å². The molecule has 1 aliphatic rings. The standard InChI is InChI=1S/C16H19F2N3O2S2.ClH/c1-9-16(24-10(2)20-9)25(22,23)21-15-8-19-6-5-12(15)11-3-4-13(17)14(18)7-11;/h3-4,7,12,15,19,21H,5-6,8H2,1-2H3;1H. The molecule has 144 valence electrons. The molecular formula is C16H20ClF2N3O2S2. The van der Waals surface area contributed by atoms with Crippen molar-refractivity contribution in [2.45, 2.75) is 36.4 Å². The molecule has 0 amide bonds. The highest BCUT2D eigenvalue weighted by molar-refractivity contribution is 7.91. The Labute approximate surface area is 161 Å². The van der Waals surface area contributed by atoms with Crippen LogP contribution in [0.4, 0.5) is 8.78 Å². The zero-order valence-electron chi connectivity index (χ0n) is 14.3. The molecule has 10 heteroatoms. The SMILES string of the molecule is Cc1nc(C)c(S(=O)(=O)NC2CNCCC2c2ccc(F)c(F)c2)s1.Cl. The summed E-state index contributed by atoms with van der Waals surface area (Å²) in [6.45, 7) is 4.51. The van der Waals surface area contributed by atoms with Gasteiger partial charge in [-0.3, -0.25) is 0 Å². The third-order valence-electron chi connectivity index (χ3n) is 4.27. The first-order valence-electron chi connectivity index (χ1n) is 7.90. The van der Waals surface area contributed by atoms with Crippen molar-refractivity contribution in [2.24, 2.45) is 0 Å². The Bertz CT molecular complexity index is 890. The minimum atomic E-state index is -3.73. The second kappa shape index (κ2) is 8.26. The van der Waals surface area contributed by atoms with Crippen LogP contribution in [0.2, 0.25) is 0 Å². The van der Waals surface area contributed by atoms with Gasteiger partial charge in [-0.1, -0.05) is 6.07 Å². The molecule has 1 fully saturated rings. The zero-order chi connectivity index (χ0) is 18.2. The maximum Gasteiger partial charge on any atom is 0.252 e. The summed E-state index contributed by atoms with van der Waals surface area (Å²) in [7, 11) is -3.73. The molecule has 2 atom stereocenters. The highest BCUT2D eigenvalue weighted by Gasteiger charge is 2.32. The topological polar surface area (TPSA) is 71.1 Å². The van der Waals surface area contributed by atoms with E-state index in [1.165, 1.54) is 6.07 Å². The van der Waals surface area contributed by atoms with Crippen molar-refractivity contribution in [3.05, 3.63) is 46.1 Å². The predicted molar refractivity (Wildman–Crippen MR) is 99.5 cm³/mol. The average molecular weight is 424 g/mol. The molecule has 2 heterocycles. The number of aryl methyl sites for hydroxylation is 2. The summed E-state index contributed by atoms with van der Waals surface area (Å²) in [5.41, 5.74) is 1.05. The summed E-state index contributed by atoms with van der Waals surface area (Å²) in [6, 6.07) is 3.28. The van der Waals surface area contributed by atoms with Gasteiger partial charge in [0.05, 0.1) is 10.7 Å². The first-order valence-corrected chi connectivity index (χ1v) is 10.2. The van der Waals surface area contributed by atoms with E-state index in [0.29, 0.717) is 35.8 Å². The fourth-order valence-corrected chi connectivity index (χ4v) is 5.92. The molecule has 0 radical (unpaired) electrons. The lowest BCUT2D eigenvalue weighted by Crippen LogP contribution is -2.49. The van der Waals surface area contributed by atoms with Crippen molar-refractivity contribution in [2.75, 3.05) is 13.1 Å². The lowest BCUT2D eigenvalue weighted by Gasteiger charge is -2.32. The van der Waals surface area contributed by atoms with Gasteiger partial charge >= 0.3 is 0 Å². The summed E-state index contributed by atoms with van der Waals surface area (Å²) < 4.78 is 55.1. The summed E-state index contributed by atoms with van der Waals surface area (Å²) in [5, 5.41) is 3.83. The number of hydrogen-bond donors (Lipinski definition) is 2. The van der Waals surface area contributed by atoms with Gasteiger partial charge < -0.3 is 5.32 Å². The second-order valence-corrected chi connectivity index (χ2v) is 9.22. The van der Waals surface area contributed by atoms with Crippen LogP contribution in [0.25, 0.3) is 0 Å². The van der Waals surface area contributed by atoms with Gasteiger partial charge in [0.15, 0.2) is 15.8 Å². The summed E-state index contributed by atoms with van der Waals surface area (Å²) in [4.78, 5) is 4.16. The van der Waals surface area contributed by atoms with Gasteiger partial charge in [-0.25, -0.2) is 26.9 Å². The third kappa shape index (κ3) is 4.40. The Balaban J connectivity index is 0.00000243. The smallest absolute Gasteiger partial charge is 0.252 e. The lowest BCUT2D eigenvalue weighted by molar-refractivity contribution is 0.376. The number of nitrogens with one attached hydrogen (secondary N) is 2. The number of nitrogens with zero attached hydrogens (tertiary/aromatic N) is 1. The van der Waals surface area contributed by atoms with E-state index in [2.05, 4.69) is 15.0 Å². The van der Waals surface area contributed by atoms with Crippen molar-refractivity contribution in [3.8, 4) is 0 Å². The molecule has 1 aliphatic heterocycles. The Hall–Kier alpha value is -1.13. The molecule has 0 spiro atoms. The fourth-order valence-electron chi connectivity index (χ4n) is 3.14. The first kappa shape index (κ1) is 21.2. The van der Waals surface area contributed by atoms with Gasteiger partial charge in [-0.15, -0.1) is 23.7 Å². The molecule has 2 N–H and O–H groups in total. The van der Waals surface area contributed by atoms with Crippen LogP contribution in [0.15, 0.2) is 22.4 Å². The summed E-state index contributed by atoms with van der Waals surface area (Å²) in [5.74, 6) is -2.07. The van der Waals surface area contributed by atoms with Crippen molar-refractivity contribution < 1.29 is 17.2 Å². The van der Waals surface area contributed by atoms with Crippen LogP contribution in [-0.4, -0.2) is 32.5 Å². The summed E-state index contributed by atoms with van der Waals surface area (Å²) in [6.07, 6.45) is 0.624. The van der Waals surface area contributed by atoms with Gasteiger partial charge in [0.2, 0.25) is 0 Å². The molecule has 5 nitrogen and oxygen atoms in total. The van der Waals surface area contributed by atoms with E-state index < -0.39 is 27.7 Å². The zero-order valence-corrected chi connectivity index (χ0v) is 16.7. The molecule has 0 saturated carbocycles. The number of hydrogen-bond acceptors (Lipinski definition) is 5. The van der Waals surface area contributed by atoms with E-state index in [4.69, 9.17) is 0 Å². The van der Waals surface area contributed by atoms with E-state index in [0.717, 1.165) is 23.5 Å². The van der Waals surface area contributed by atoms with Crippen LogP contribution < -0.4 is 10.0 Å². The number of halogens is 3. The van der Waals surface area contributed by atoms with Crippen LogP contribution >= 0.6 is 23.7 Å². The minimum Gasteiger partial charge on any atom is -0.315 e. The monoisotopic (exact) mass is 423 g/mol. The van der Waals surface area contributed by atoms with Crippen LogP contribution in [0, 0.1) is 25.5 Å². The first-order chi connectivity index (χ1) is 11.8. The number of rotatable bonds is 4. The van der Waals surface area contributed by atoms with Gasteiger partial charge in [-0.05, 0) is 44.5 Å². The Morgan fingerprint density at radius 1 is 1.27 bits per heavy atom. The van der Waals surface area contributed by atoms with Crippen molar-refractivity contribution in [1.82, 2.24) is 15.0 Å². The molecule has 2 aromatic rings. The van der Waals surface area contributed by atoms with Gasteiger partial charge in [0.1, 0.15) is 0 Å². The maximum absolute atomic E-state index is 13.6. The molecule has 0 bridgehead atoms. The molecule has 3 rings (SSSR count). The highest BCUT2D eigenvalue weighted by atomic mass is 35.5. The Morgan fingerprint density at radius 2 is 2.00 bits per heavy atom. The van der Waals surface area contributed by atoms with Crippen molar-refractivity contribution >= 4 is 33.8 Å². The van der Waals surface area contributed by atoms with Crippen LogP contribution in [0.5, 0.6) is 0 Å². The van der Waals surface area contributed by atoms with Crippen LogP contribution in [-0.2, 0) is 10.0 Å². The van der Waals surface area contributed by atoms with Gasteiger partial charge in [-0.2, -0.15) is 0 Å². The number of piperidine rings is 1. The highest BCUT2D eigenvalue weighted by Crippen LogP contribution is 2.29. The van der Waals surface area contributed by atoms with E-state index >= 15 is 0 Å². The van der Waals surface area contributed by atoms with Gasteiger partial charge in [0.25, 0.3) is 10.0 Å². The molecule has 0 aliphatic carbocycles. The minimum absolute atomic E-state index is 0. The number of benzene rings is 1. The van der Waals surface area contributed by atoms with Crippen molar-refractivity contribution in [1.29, 1.82) is 0 Å². The molecule has 1 saturated heterocycles. The fraction of sp³-hybridized carbons (Fsp3) is 0.438. The predicted octanol–water partition coefficient (Wildman–Crippen LogP) is 2.88. The second-order valence-electron chi connectivity index (χ2n) is 6.11. The van der Waals surface area contributed by atoms with Crippen molar-refractivity contribution in [3.63, 3.8) is 0 Å². The number of sulfonamides is 1. The molecule has 1 aromatic heterocycles. The third-order valence-corrected chi connectivity index (χ3v) is 7.44. The van der Waals surface area contributed by atoms with Gasteiger partial charge in [0, 0.05) is 18.5 Å². The average Bonchev–Trinajstić information content (AvgIpc) is 2.90. The van der Waals surface area contributed by atoms with E-state index in [1.807, 2.05) is 0 Å². The largest absolute Gasteiger partial charge is 0.315 e. The molecule has 26 heavy (non-hydrogen) atoms. The van der Waals surface area contributed by atoms with E-state index in [1.54, 1.807) is 13.8 Å². The maximum atomic E-state index is 13.6. The van der Waals surface area contributed by atoms with Crippen LogP contribution in [0.3, 0.4) is 0 Å². The van der Waals surface area contributed by atoms with E-state index in [-0.39, 0.29) is 22.5 Å².